The minimum atomic E-state index is -0.884. The summed E-state index contributed by atoms with van der Waals surface area (Å²) in [4.78, 5) is 10.6. The normalized spacial score (nSPS) is 15.1. The summed E-state index contributed by atoms with van der Waals surface area (Å²) < 4.78 is 5.66. The van der Waals surface area contributed by atoms with Crippen LogP contribution in [0.3, 0.4) is 0 Å². The van der Waals surface area contributed by atoms with E-state index < -0.39 is 12.1 Å². The van der Waals surface area contributed by atoms with E-state index in [2.05, 4.69) is 6.92 Å². The van der Waals surface area contributed by atoms with Crippen molar-refractivity contribution in [2.75, 3.05) is 13.2 Å². The topological polar surface area (TPSA) is 107 Å². The van der Waals surface area contributed by atoms with Gasteiger partial charge in [0.05, 0.1) is 25.4 Å². The number of unbranched alkanes of at least 4 members (excludes halogenated alkanes) is 4. The lowest BCUT2D eigenvalue weighted by Gasteiger charge is -2.19. The van der Waals surface area contributed by atoms with E-state index in [1.54, 1.807) is 0 Å². The van der Waals surface area contributed by atoms with Crippen LogP contribution >= 0.6 is 0 Å². The summed E-state index contributed by atoms with van der Waals surface area (Å²) in [5.41, 5.74) is 0. The summed E-state index contributed by atoms with van der Waals surface area (Å²) in [6.45, 7) is 1.93. The standard InChI is InChI=1S/C21H40O6/c1-2-3-4-6-11-18(23)12-7-5-8-13-20(27-17-19(24)16-22)14-9-10-15-21(25)26/h5,7,18-20,22-24H,2-4,6,8-17H2,1H3,(H,25,26)/b7-5-/t18-,19?,20?/m1/s1. The van der Waals surface area contributed by atoms with E-state index in [-0.39, 0.29) is 31.8 Å². The number of carbonyl (C=O) groups is 1. The van der Waals surface area contributed by atoms with Crippen LogP contribution in [0.15, 0.2) is 12.2 Å². The number of ether oxygens (including phenoxy) is 1. The van der Waals surface area contributed by atoms with E-state index in [4.69, 9.17) is 14.9 Å². The Morgan fingerprint density at radius 2 is 1.70 bits per heavy atom. The van der Waals surface area contributed by atoms with E-state index in [1.807, 2.05) is 12.2 Å². The molecule has 0 aromatic rings. The molecule has 0 amide bonds. The van der Waals surface area contributed by atoms with Crippen LogP contribution in [0.5, 0.6) is 0 Å². The third-order valence-electron chi connectivity index (χ3n) is 4.52. The molecule has 0 aromatic heterocycles. The van der Waals surface area contributed by atoms with Gasteiger partial charge < -0.3 is 25.2 Å². The summed E-state index contributed by atoms with van der Waals surface area (Å²) in [7, 11) is 0. The van der Waals surface area contributed by atoms with E-state index in [0.29, 0.717) is 12.8 Å². The molecule has 0 radical (unpaired) electrons. The fraction of sp³-hybridized carbons (Fsp3) is 0.857. The van der Waals surface area contributed by atoms with Crippen molar-refractivity contribution in [3.63, 3.8) is 0 Å². The Kier molecular flexibility index (Phi) is 17.8. The van der Waals surface area contributed by atoms with Gasteiger partial charge in [0.2, 0.25) is 0 Å². The molecule has 0 rings (SSSR count). The Bertz CT molecular complexity index is 372. The fourth-order valence-electron chi connectivity index (χ4n) is 2.84. The van der Waals surface area contributed by atoms with Gasteiger partial charge in [-0.25, -0.2) is 0 Å². The number of hydrogen-bond donors (Lipinski definition) is 4. The number of rotatable bonds is 19. The minimum Gasteiger partial charge on any atom is -0.481 e. The van der Waals surface area contributed by atoms with Crippen LogP contribution in [0.1, 0.15) is 84.0 Å². The van der Waals surface area contributed by atoms with Crippen molar-refractivity contribution >= 4 is 5.97 Å². The zero-order chi connectivity index (χ0) is 20.3. The molecule has 2 unspecified atom stereocenters. The van der Waals surface area contributed by atoms with Gasteiger partial charge in [-0.3, -0.25) is 4.79 Å². The lowest BCUT2D eigenvalue weighted by molar-refractivity contribution is -0.137. The van der Waals surface area contributed by atoms with Gasteiger partial charge in [0.25, 0.3) is 0 Å². The minimum absolute atomic E-state index is 0.0661. The van der Waals surface area contributed by atoms with Gasteiger partial charge in [0.15, 0.2) is 0 Å². The maximum atomic E-state index is 10.6. The van der Waals surface area contributed by atoms with Gasteiger partial charge in [-0.15, -0.1) is 0 Å². The van der Waals surface area contributed by atoms with Gasteiger partial charge in [0, 0.05) is 6.42 Å². The highest BCUT2D eigenvalue weighted by Gasteiger charge is 2.12. The molecule has 0 heterocycles. The second-order valence-corrected chi connectivity index (χ2v) is 7.22. The first-order chi connectivity index (χ1) is 13.0. The van der Waals surface area contributed by atoms with Crippen LogP contribution in [0, 0.1) is 0 Å². The van der Waals surface area contributed by atoms with Crippen molar-refractivity contribution < 1.29 is 30.0 Å². The molecule has 0 aromatic carbocycles. The molecule has 0 saturated heterocycles. The van der Waals surface area contributed by atoms with Gasteiger partial charge in [-0.2, -0.15) is 0 Å². The predicted octanol–water partition coefficient (Wildman–Crippen LogP) is 3.43. The Morgan fingerprint density at radius 1 is 0.963 bits per heavy atom. The molecule has 4 N–H and O–H groups in total. The average Bonchev–Trinajstić information content (AvgIpc) is 2.65. The van der Waals surface area contributed by atoms with Crippen LogP contribution in [-0.2, 0) is 9.53 Å². The van der Waals surface area contributed by atoms with Crippen LogP contribution < -0.4 is 0 Å². The van der Waals surface area contributed by atoms with Crippen molar-refractivity contribution in [2.45, 2.75) is 102 Å². The Balaban J connectivity index is 4.03. The molecule has 0 aliphatic rings. The van der Waals surface area contributed by atoms with Crippen molar-refractivity contribution in [3.8, 4) is 0 Å². The molecule has 6 heteroatoms. The average molecular weight is 389 g/mol. The first-order valence-electron chi connectivity index (χ1n) is 10.4. The quantitative estimate of drug-likeness (QED) is 0.199. The summed E-state index contributed by atoms with van der Waals surface area (Å²) in [6.07, 6.45) is 12.8. The first kappa shape index (κ1) is 26.1. The molecule has 0 aliphatic heterocycles. The molecule has 0 fully saturated rings. The highest BCUT2D eigenvalue weighted by molar-refractivity contribution is 5.66. The molecule has 0 spiro atoms. The van der Waals surface area contributed by atoms with Crippen molar-refractivity contribution in [1.82, 2.24) is 0 Å². The Labute approximate surface area is 164 Å². The SMILES string of the molecule is CCCCCC[C@@H](O)C/C=C\CCC(CCCCC(=O)O)OCC(O)CO. The predicted molar refractivity (Wildman–Crippen MR) is 107 cm³/mol. The van der Waals surface area contributed by atoms with Gasteiger partial charge in [-0.1, -0.05) is 51.2 Å². The van der Waals surface area contributed by atoms with Gasteiger partial charge >= 0.3 is 5.97 Å². The van der Waals surface area contributed by atoms with E-state index in [0.717, 1.165) is 38.5 Å². The number of aliphatic hydroxyl groups excluding tert-OH is 3. The maximum absolute atomic E-state index is 10.6. The summed E-state index contributed by atoms with van der Waals surface area (Å²) >= 11 is 0. The van der Waals surface area contributed by atoms with Crippen LogP contribution in [0.2, 0.25) is 0 Å². The Hall–Kier alpha value is -0.950. The highest BCUT2D eigenvalue weighted by atomic mass is 16.5. The third kappa shape index (κ3) is 18.2. The zero-order valence-electron chi connectivity index (χ0n) is 16.9. The van der Waals surface area contributed by atoms with Crippen molar-refractivity contribution in [1.29, 1.82) is 0 Å². The number of aliphatic hydroxyl groups is 3. The van der Waals surface area contributed by atoms with Gasteiger partial charge in [-0.05, 0) is 38.5 Å². The largest absolute Gasteiger partial charge is 0.481 e. The Morgan fingerprint density at radius 3 is 2.37 bits per heavy atom. The molecule has 0 aliphatic carbocycles. The molecule has 3 atom stereocenters. The molecular formula is C21H40O6. The number of carboxylic acids is 1. The summed E-state index contributed by atoms with van der Waals surface area (Å²) in [5, 5.41) is 36.9. The lowest BCUT2D eigenvalue weighted by Crippen LogP contribution is -2.24. The van der Waals surface area contributed by atoms with Crippen LogP contribution in [0.4, 0.5) is 0 Å². The first-order valence-corrected chi connectivity index (χ1v) is 10.4. The zero-order valence-corrected chi connectivity index (χ0v) is 16.9. The monoisotopic (exact) mass is 388 g/mol. The number of aliphatic carboxylic acids is 1. The van der Waals surface area contributed by atoms with Crippen LogP contribution in [-0.4, -0.2) is 57.9 Å². The molecular weight excluding hydrogens is 348 g/mol. The summed E-state index contributed by atoms with van der Waals surface area (Å²) in [6, 6.07) is 0. The second-order valence-electron chi connectivity index (χ2n) is 7.22. The number of carboxylic acid groups (broad SMARTS) is 1. The van der Waals surface area contributed by atoms with Gasteiger partial charge in [0.1, 0.15) is 6.10 Å². The molecule has 6 nitrogen and oxygen atoms in total. The second kappa shape index (κ2) is 18.4. The smallest absolute Gasteiger partial charge is 0.303 e. The lowest BCUT2D eigenvalue weighted by atomic mass is 10.0. The highest BCUT2D eigenvalue weighted by Crippen LogP contribution is 2.14. The maximum Gasteiger partial charge on any atom is 0.303 e. The van der Waals surface area contributed by atoms with E-state index >= 15 is 0 Å². The molecule has 27 heavy (non-hydrogen) atoms. The van der Waals surface area contributed by atoms with E-state index in [1.165, 1.54) is 19.3 Å². The third-order valence-corrected chi connectivity index (χ3v) is 4.52. The van der Waals surface area contributed by atoms with Crippen molar-refractivity contribution in [3.05, 3.63) is 12.2 Å². The number of hydrogen-bond acceptors (Lipinski definition) is 5. The molecule has 0 saturated carbocycles. The van der Waals surface area contributed by atoms with E-state index in [9.17, 15) is 15.0 Å². The number of allylic oxidation sites excluding steroid dienone is 1. The molecule has 160 valence electrons. The summed E-state index contributed by atoms with van der Waals surface area (Å²) in [5.74, 6) is -0.792. The van der Waals surface area contributed by atoms with Crippen LogP contribution in [0.25, 0.3) is 0 Å². The molecule has 0 bridgehead atoms. The fourth-order valence-corrected chi connectivity index (χ4v) is 2.84. The van der Waals surface area contributed by atoms with Crippen molar-refractivity contribution in [2.24, 2.45) is 0 Å².